The lowest BCUT2D eigenvalue weighted by molar-refractivity contribution is -0.116. The fourth-order valence-electron chi connectivity index (χ4n) is 1.58. The minimum absolute atomic E-state index is 0.119. The van der Waals surface area contributed by atoms with Crippen molar-refractivity contribution in [3.8, 4) is 0 Å². The van der Waals surface area contributed by atoms with Crippen LogP contribution in [0, 0.1) is 0 Å². The second-order valence-corrected chi connectivity index (χ2v) is 3.19. The number of para-hydroxylation sites is 1. The Morgan fingerprint density at radius 3 is 2.86 bits per heavy atom. The first-order valence-electron chi connectivity index (χ1n) is 4.33. The molecule has 1 amide bonds. The molecule has 1 aromatic carbocycles. The van der Waals surface area contributed by atoms with E-state index in [1.165, 1.54) is 6.07 Å². The number of nitrogens with one attached hydrogen (secondary N) is 1. The Morgan fingerprint density at radius 1 is 1.36 bits per heavy atom. The third-order valence-corrected chi connectivity index (χ3v) is 2.27. The molecule has 0 saturated heterocycles. The minimum Gasteiger partial charge on any atom is -0.478 e. The summed E-state index contributed by atoms with van der Waals surface area (Å²) in [5.74, 6) is -1.13. The first-order valence-corrected chi connectivity index (χ1v) is 4.33. The number of aromatic carboxylic acids is 1. The number of benzene rings is 1. The Balaban J connectivity index is 2.54. The summed E-state index contributed by atoms with van der Waals surface area (Å²) in [5, 5.41) is 11.5. The van der Waals surface area contributed by atoms with Gasteiger partial charge in [-0.1, -0.05) is 12.1 Å². The van der Waals surface area contributed by atoms with Crippen molar-refractivity contribution in [2.45, 2.75) is 12.8 Å². The molecule has 0 aliphatic carbocycles. The van der Waals surface area contributed by atoms with Crippen molar-refractivity contribution in [2.75, 3.05) is 5.32 Å². The normalized spacial score (nSPS) is 14.4. The van der Waals surface area contributed by atoms with Crippen molar-refractivity contribution in [3.05, 3.63) is 29.3 Å². The zero-order valence-electron chi connectivity index (χ0n) is 7.41. The molecule has 0 unspecified atom stereocenters. The maximum Gasteiger partial charge on any atom is 0.337 e. The molecule has 0 bridgehead atoms. The van der Waals surface area contributed by atoms with Gasteiger partial charge in [0, 0.05) is 6.42 Å². The summed E-state index contributed by atoms with van der Waals surface area (Å²) >= 11 is 0. The standard InChI is InChI=1S/C10H9NO3/c12-8-5-4-6-2-1-3-7(10(13)14)9(6)11-8/h1-3H,4-5H2,(H,11,12)(H,13,14). The van der Waals surface area contributed by atoms with Crippen molar-refractivity contribution < 1.29 is 14.7 Å². The maximum atomic E-state index is 11.1. The molecule has 0 atom stereocenters. The minimum atomic E-state index is -1.01. The fraction of sp³-hybridized carbons (Fsp3) is 0.200. The van der Waals surface area contributed by atoms with Gasteiger partial charge in [-0.3, -0.25) is 4.79 Å². The van der Waals surface area contributed by atoms with Crippen LogP contribution in [0.25, 0.3) is 0 Å². The van der Waals surface area contributed by atoms with E-state index in [2.05, 4.69) is 5.32 Å². The van der Waals surface area contributed by atoms with Gasteiger partial charge in [-0.05, 0) is 18.1 Å². The first kappa shape index (κ1) is 8.74. The first-order chi connectivity index (χ1) is 6.68. The van der Waals surface area contributed by atoms with Gasteiger partial charge in [-0.2, -0.15) is 0 Å². The number of carboxylic acid groups (broad SMARTS) is 1. The van der Waals surface area contributed by atoms with Gasteiger partial charge in [-0.25, -0.2) is 4.79 Å². The number of rotatable bonds is 1. The second kappa shape index (κ2) is 3.14. The van der Waals surface area contributed by atoms with E-state index in [0.717, 1.165) is 5.56 Å². The third kappa shape index (κ3) is 1.35. The highest BCUT2D eigenvalue weighted by Crippen LogP contribution is 2.26. The quantitative estimate of drug-likeness (QED) is 0.702. The summed E-state index contributed by atoms with van der Waals surface area (Å²) in [6, 6.07) is 5.02. The van der Waals surface area contributed by atoms with Gasteiger partial charge in [0.1, 0.15) is 0 Å². The lowest BCUT2D eigenvalue weighted by Gasteiger charge is -2.18. The van der Waals surface area contributed by atoms with Gasteiger partial charge >= 0.3 is 5.97 Å². The van der Waals surface area contributed by atoms with Gasteiger partial charge in [0.25, 0.3) is 0 Å². The number of fused-ring (bicyclic) bond motifs is 1. The van der Waals surface area contributed by atoms with Crippen LogP contribution in [-0.4, -0.2) is 17.0 Å². The molecule has 4 nitrogen and oxygen atoms in total. The van der Waals surface area contributed by atoms with Crippen LogP contribution in [0.1, 0.15) is 22.3 Å². The summed E-state index contributed by atoms with van der Waals surface area (Å²) in [6.07, 6.45) is 1.04. The smallest absolute Gasteiger partial charge is 0.337 e. The zero-order valence-corrected chi connectivity index (χ0v) is 7.41. The van der Waals surface area contributed by atoms with Crippen molar-refractivity contribution >= 4 is 17.6 Å². The Kier molecular flexibility index (Phi) is 1.96. The van der Waals surface area contributed by atoms with Crippen LogP contribution in [0.15, 0.2) is 18.2 Å². The molecule has 14 heavy (non-hydrogen) atoms. The van der Waals surface area contributed by atoms with Crippen LogP contribution in [0.5, 0.6) is 0 Å². The molecule has 72 valence electrons. The summed E-state index contributed by atoms with van der Waals surface area (Å²) in [7, 11) is 0. The Bertz CT molecular complexity index is 412. The predicted octanol–water partition coefficient (Wildman–Crippen LogP) is 1.27. The number of carboxylic acids is 1. The number of hydrogen-bond donors (Lipinski definition) is 2. The van der Waals surface area contributed by atoms with E-state index >= 15 is 0 Å². The highest BCUT2D eigenvalue weighted by atomic mass is 16.4. The van der Waals surface area contributed by atoms with Crippen molar-refractivity contribution in [1.82, 2.24) is 0 Å². The molecule has 1 heterocycles. The van der Waals surface area contributed by atoms with Crippen molar-refractivity contribution in [1.29, 1.82) is 0 Å². The second-order valence-electron chi connectivity index (χ2n) is 3.19. The molecule has 0 spiro atoms. The number of aryl methyl sites for hydroxylation is 1. The van der Waals surface area contributed by atoms with Gasteiger partial charge in [0.15, 0.2) is 0 Å². The molecule has 0 radical (unpaired) electrons. The highest BCUT2D eigenvalue weighted by Gasteiger charge is 2.20. The van der Waals surface area contributed by atoms with E-state index in [1.807, 2.05) is 6.07 Å². The molecule has 1 aliphatic rings. The summed E-state index contributed by atoms with van der Waals surface area (Å²) in [4.78, 5) is 21.9. The Morgan fingerprint density at radius 2 is 2.14 bits per heavy atom. The van der Waals surface area contributed by atoms with Crippen LogP contribution >= 0.6 is 0 Å². The van der Waals surface area contributed by atoms with E-state index in [-0.39, 0.29) is 11.5 Å². The van der Waals surface area contributed by atoms with Gasteiger partial charge < -0.3 is 10.4 Å². The van der Waals surface area contributed by atoms with Crippen LogP contribution in [0.4, 0.5) is 5.69 Å². The lowest BCUT2D eigenvalue weighted by atomic mass is 9.99. The molecule has 0 saturated carbocycles. The zero-order chi connectivity index (χ0) is 10.1. The van der Waals surface area contributed by atoms with E-state index in [9.17, 15) is 9.59 Å². The number of anilines is 1. The van der Waals surface area contributed by atoms with E-state index < -0.39 is 5.97 Å². The maximum absolute atomic E-state index is 11.1. The average Bonchev–Trinajstić information content (AvgIpc) is 2.16. The van der Waals surface area contributed by atoms with Gasteiger partial charge in [0.05, 0.1) is 11.3 Å². The molecular weight excluding hydrogens is 182 g/mol. The average molecular weight is 191 g/mol. The SMILES string of the molecule is O=C1CCc2cccc(C(=O)O)c2N1. The molecule has 2 N–H and O–H groups in total. The molecule has 0 fully saturated rings. The number of carbonyl (C=O) groups excluding carboxylic acids is 1. The number of hydrogen-bond acceptors (Lipinski definition) is 2. The predicted molar refractivity (Wildman–Crippen MR) is 50.4 cm³/mol. The fourth-order valence-corrected chi connectivity index (χ4v) is 1.58. The Hall–Kier alpha value is -1.84. The van der Waals surface area contributed by atoms with Crippen LogP contribution in [0.3, 0.4) is 0 Å². The topological polar surface area (TPSA) is 66.4 Å². The van der Waals surface area contributed by atoms with Crippen LogP contribution in [-0.2, 0) is 11.2 Å². The van der Waals surface area contributed by atoms with E-state index in [1.54, 1.807) is 6.07 Å². The summed E-state index contributed by atoms with van der Waals surface area (Å²) in [6.45, 7) is 0. The third-order valence-electron chi connectivity index (χ3n) is 2.27. The number of carbonyl (C=O) groups is 2. The van der Waals surface area contributed by atoms with Gasteiger partial charge in [-0.15, -0.1) is 0 Å². The van der Waals surface area contributed by atoms with Crippen LogP contribution in [0.2, 0.25) is 0 Å². The van der Waals surface area contributed by atoms with E-state index in [0.29, 0.717) is 18.5 Å². The Labute approximate surface area is 80.6 Å². The monoisotopic (exact) mass is 191 g/mol. The molecule has 2 rings (SSSR count). The summed E-state index contributed by atoms with van der Waals surface area (Å²) < 4.78 is 0. The molecule has 1 aromatic rings. The lowest BCUT2D eigenvalue weighted by Crippen LogP contribution is -2.21. The van der Waals surface area contributed by atoms with Gasteiger partial charge in [0.2, 0.25) is 5.91 Å². The van der Waals surface area contributed by atoms with Crippen molar-refractivity contribution in [3.63, 3.8) is 0 Å². The van der Waals surface area contributed by atoms with Crippen LogP contribution < -0.4 is 5.32 Å². The molecule has 4 heteroatoms. The molecular formula is C10H9NO3. The largest absolute Gasteiger partial charge is 0.478 e. The highest BCUT2D eigenvalue weighted by molar-refractivity contribution is 6.02. The van der Waals surface area contributed by atoms with Crippen molar-refractivity contribution in [2.24, 2.45) is 0 Å². The van der Waals surface area contributed by atoms with E-state index in [4.69, 9.17) is 5.11 Å². The molecule has 1 aliphatic heterocycles. The summed E-state index contributed by atoms with van der Waals surface area (Å²) in [5.41, 5.74) is 1.51. The number of amides is 1. The molecule has 0 aromatic heterocycles.